The third kappa shape index (κ3) is 6.01. The molecule has 1 aliphatic carbocycles. The van der Waals surface area contributed by atoms with Crippen molar-refractivity contribution in [1.82, 2.24) is 15.3 Å². The summed E-state index contributed by atoms with van der Waals surface area (Å²) in [6, 6.07) is 5.77. The van der Waals surface area contributed by atoms with Gasteiger partial charge in [0.1, 0.15) is 17.2 Å². The second kappa shape index (κ2) is 8.81. The van der Waals surface area contributed by atoms with Gasteiger partial charge in [-0.15, -0.1) is 0 Å². The third-order valence-corrected chi connectivity index (χ3v) is 4.74. The molecule has 1 unspecified atom stereocenters. The van der Waals surface area contributed by atoms with E-state index in [-0.39, 0.29) is 41.3 Å². The van der Waals surface area contributed by atoms with Crippen LogP contribution in [0.2, 0.25) is 0 Å². The Morgan fingerprint density at radius 2 is 2.00 bits per heavy atom. The molecule has 2 aromatic heterocycles. The highest BCUT2D eigenvalue weighted by molar-refractivity contribution is 5.92. The third-order valence-electron chi connectivity index (χ3n) is 4.74. The summed E-state index contributed by atoms with van der Waals surface area (Å²) in [4.78, 5) is 32.8. The summed E-state index contributed by atoms with van der Waals surface area (Å²) in [5.74, 6) is -0.162. The van der Waals surface area contributed by atoms with Gasteiger partial charge >= 0.3 is 6.18 Å². The van der Waals surface area contributed by atoms with Crippen molar-refractivity contribution in [3.8, 4) is 5.75 Å². The van der Waals surface area contributed by atoms with Crippen LogP contribution >= 0.6 is 0 Å². The monoisotopic (exact) mass is 421 g/mol. The summed E-state index contributed by atoms with van der Waals surface area (Å²) in [5, 5.41) is 2.80. The number of carbonyl (C=O) groups excluding carboxylic acids is 2. The minimum Gasteiger partial charge on any atom is -0.482 e. The number of rotatable bonds is 8. The lowest BCUT2D eigenvalue weighted by molar-refractivity contribution is -0.153. The van der Waals surface area contributed by atoms with Crippen molar-refractivity contribution in [2.75, 3.05) is 6.61 Å². The zero-order valence-electron chi connectivity index (χ0n) is 16.6. The van der Waals surface area contributed by atoms with Crippen molar-refractivity contribution in [3.63, 3.8) is 0 Å². The molecule has 1 fully saturated rings. The van der Waals surface area contributed by atoms with Gasteiger partial charge in [0.05, 0.1) is 11.7 Å². The van der Waals surface area contributed by atoms with Gasteiger partial charge in [0.25, 0.3) is 5.91 Å². The SMILES string of the molecule is Cc1nc(C(=O)NC(C)c2ccnc(CC(=O)C3CC3)c2)ccc1OCC(F)(F)F. The number of carbonyl (C=O) groups is 2. The van der Waals surface area contributed by atoms with E-state index in [1.165, 1.54) is 19.1 Å². The fraction of sp³-hybridized carbons (Fsp3) is 0.429. The standard InChI is InChI=1S/C21H22F3N3O3/c1-12(15-7-8-25-16(9-15)10-18(28)14-3-4-14)27-20(29)17-5-6-19(13(2)26-17)30-11-21(22,23)24/h5-9,12,14H,3-4,10-11H2,1-2H3,(H,27,29). The molecule has 0 radical (unpaired) electrons. The predicted molar refractivity (Wildman–Crippen MR) is 102 cm³/mol. The van der Waals surface area contributed by atoms with Crippen LogP contribution < -0.4 is 10.1 Å². The number of pyridine rings is 2. The molecule has 160 valence electrons. The van der Waals surface area contributed by atoms with E-state index in [0.717, 1.165) is 18.4 Å². The van der Waals surface area contributed by atoms with Gasteiger partial charge in [-0.05, 0) is 56.5 Å². The van der Waals surface area contributed by atoms with Crippen molar-refractivity contribution in [2.24, 2.45) is 5.92 Å². The van der Waals surface area contributed by atoms with Gasteiger partial charge in [-0.3, -0.25) is 14.6 Å². The molecule has 0 aromatic carbocycles. The van der Waals surface area contributed by atoms with E-state index in [1.54, 1.807) is 25.3 Å². The number of alkyl halides is 3. The molecule has 1 N–H and O–H groups in total. The van der Waals surface area contributed by atoms with Crippen LogP contribution in [0.5, 0.6) is 5.75 Å². The molecule has 1 atom stereocenters. The first kappa shape index (κ1) is 21.7. The number of amides is 1. The van der Waals surface area contributed by atoms with Gasteiger partial charge in [0, 0.05) is 24.2 Å². The molecular formula is C21H22F3N3O3. The summed E-state index contributed by atoms with van der Waals surface area (Å²) in [6.07, 6.45) is -0.693. The molecular weight excluding hydrogens is 399 g/mol. The Hall–Kier alpha value is -2.97. The molecule has 3 rings (SSSR count). The van der Waals surface area contributed by atoms with Crippen LogP contribution in [0, 0.1) is 12.8 Å². The minimum absolute atomic E-state index is 0.0315. The molecule has 1 aliphatic rings. The van der Waals surface area contributed by atoms with Gasteiger partial charge in [0.2, 0.25) is 0 Å². The average molecular weight is 421 g/mol. The van der Waals surface area contributed by atoms with Crippen molar-refractivity contribution in [3.05, 3.63) is 53.1 Å². The Balaban J connectivity index is 1.62. The largest absolute Gasteiger partial charge is 0.482 e. The van der Waals surface area contributed by atoms with Crippen molar-refractivity contribution >= 4 is 11.7 Å². The second-order valence-electron chi connectivity index (χ2n) is 7.38. The molecule has 30 heavy (non-hydrogen) atoms. The molecule has 1 saturated carbocycles. The normalized spacial score (nSPS) is 14.8. The Bertz CT molecular complexity index is 943. The van der Waals surface area contributed by atoms with Crippen LogP contribution in [0.3, 0.4) is 0 Å². The molecule has 0 spiro atoms. The maximum atomic E-state index is 12.5. The van der Waals surface area contributed by atoms with Crippen LogP contribution in [0.15, 0.2) is 30.5 Å². The highest BCUT2D eigenvalue weighted by Crippen LogP contribution is 2.31. The number of nitrogens with zero attached hydrogens (tertiary/aromatic N) is 2. The Kier molecular flexibility index (Phi) is 6.38. The second-order valence-corrected chi connectivity index (χ2v) is 7.38. The van der Waals surface area contributed by atoms with Crippen molar-refractivity contribution < 1.29 is 27.5 Å². The van der Waals surface area contributed by atoms with Crippen molar-refractivity contribution in [2.45, 2.75) is 45.3 Å². The summed E-state index contributed by atoms with van der Waals surface area (Å²) in [7, 11) is 0. The fourth-order valence-electron chi connectivity index (χ4n) is 2.93. The van der Waals surface area contributed by atoms with E-state index in [9.17, 15) is 22.8 Å². The van der Waals surface area contributed by atoms with Gasteiger partial charge in [-0.2, -0.15) is 13.2 Å². The molecule has 1 amide bonds. The van der Waals surface area contributed by atoms with Crippen LogP contribution in [0.1, 0.15) is 53.2 Å². The van der Waals surface area contributed by atoms with Crippen LogP contribution in [0.25, 0.3) is 0 Å². The average Bonchev–Trinajstić information content (AvgIpc) is 3.51. The summed E-state index contributed by atoms with van der Waals surface area (Å²) < 4.78 is 41.6. The minimum atomic E-state index is -4.45. The van der Waals surface area contributed by atoms with Gasteiger partial charge in [-0.1, -0.05) is 0 Å². The van der Waals surface area contributed by atoms with Crippen LogP contribution in [-0.2, 0) is 11.2 Å². The zero-order chi connectivity index (χ0) is 21.9. The Morgan fingerprint density at radius 1 is 1.27 bits per heavy atom. The number of nitrogens with one attached hydrogen (secondary N) is 1. The van der Waals surface area contributed by atoms with E-state index in [0.29, 0.717) is 5.69 Å². The fourth-order valence-corrected chi connectivity index (χ4v) is 2.93. The quantitative estimate of drug-likeness (QED) is 0.702. The molecule has 9 heteroatoms. The first-order valence-electron chi connectivity index (χ1n) is 9.58. The molecule has 0 bridgehead atoms. The number of halogens is 3. The van der Waals surface area contributed by atoms with E-state index in [2.05, 4.69) is 15.3 Å². The first-order chi connectivity index (χ1) is 14.1. The lowest BCUT2D eigenvalue weighted by Crippen LogP contribution is -2.28. The highest BCUT2D eigenvalue weighted by atomic mass is 19.4. The number of Topliss-reactive ketones (excluding diaryl/α,β-unsaturated/α-hetero) is 1. The number of aryl methyl sites for hydroxylation is 1. The Labute approximate surface area is 171 Å². The van der Waals surface area contributed by atoms with E-state index >= 15 is 0 Å². The number of ketones is 1. The topological polar surface area (TPSA) is 81.2 Å². The molecule has 2 aromatic rings. The first-order valence-corrected chi connectivity index (χ1v) is 9.58. The summed E-state index contributed by atoms with van der Waals surface area (Å²) in [6.45, 7) is 1.83. The number of hydrogen-bond donors (Lipinski definition) is 1. The van der Waals surface area contributed by atoms with Gasteiger partial charge in [0.15, 0.2) is 6.61 Å². The molecule has 2 heterocycles. The Morgan fingerprint density at radius 3 is 2.63 bits per heavy atom. The maximum absolute atomic E-state index is 12.5. The van der Waals surface area contributed by atoms with E-state index in [1.807, 2.05) is 0 Å². The van der Waals surface area contributed by atoms with E-state index < -0.39 is 18.7 Å². The number of ether oxygens (including phenoxy) is 1. The summed E-state index contributed by atoms with van der Waals surface area (Å²) >= 11 is 0. The lowest BCUT2D eigenvalue weighted by atomic mass is 10.1. The van der Waals surface area contributed by atoms with Gasteiger partial charge in [-0.25, -0.2) is 4.98 Å². The lowest BCUT2D eigenvalue weighted by Gasteiger charge is -2.16. The number of aromatic nitrogens is 2. The maximum Gasteiger partial charge on any atom is 0.422 e. The van der Waals surface area contributed by atoms with Crippen molar-refractivity contribution in [1.29, 1.82) is 0 Å². The molecule has 0 aliphatic heterocycles. The predicted octanol–water partition coefficient (Wildman–Crippen LogP) is 3.74. The van der Waals surface area contributed by atoms with Crippen LogP contribution in [-0.4, -0.2) is 34.4 Å². The number of hydrogen-bond acceptors (Lipinski definition) is 5. The van der Waals surface area contributed by atoms with Gasteiger partial charge < -0.3 is 10.1 Å². The smallest absolute Gasteiger partial charge is 0.422 e. The molecule has 0 saturated heterocycles. The highest BCUT2D eigenvalue weighted by Gasteiger charge is 2.30. The van der Waals surface area contributed by atoms with Crippen LogP contribution in [0.4, 0.5) is 13.2 Å². The molecule has 6 nitrogen and oxygen atoms in total. The zero-order valence-corrected chi connectivity index (χ0v) is 16.6. The summed E-state index contributed by atoms with van der Waals surface area (Å²) in [5.41, 5.74) is 1.70. The van der Waals surface area contributed by atoms with E-state index in [4.69, 9.17) is 4.74 Å².